The summed E-state index contributed by atoms with van der Waals surface area (Å²) < 4.78 is 47.8. The second-order valence-electron chi connectivity index (χ2n) is 5.89. The maximum atomic E-state index is 12.6. The Kier molecular flexibility index (Phi) is 8.77. The molecule has 0 bridgehead atoms. The summed E-state index contributed by atoms with van der Waals surface area (Å²) in [6.45, 7) is 7.06. The maximum absolute atomic E-state index is 12.6. The largest absolute Gasteiger partial charge is 0.465 e. The molecule has 0 aliphatic heterocycles. The highest BCUT2D eigenvalue weighted by Gasteiger charge is 2.47. The van der Waals surface area contributed by atoms with Crippen LogP contribution >= 0.6 is 0 Å². The number of carbonyl (C=O) groups excluding carboxylic acids is 2. The van der Waals surface area contributed by atoms with Crippen molar-refractivity contribution < 1.29 is 32.2 Å². The van der Waals surface area contributed by atoms with Crippen molar-refractivity contribution in [2.75, 3.05) is 13.2 Å². The molecule has 1 aromatic carbocycles. The van der Waals surface area contributed by atoms with Gasteiger partial charge in [-0.1, -0.05) is 17.9 Å². The van der Waals surface area contributed by atoms with Crippen molar-refractivity contribution in [2.24, 2.45) is 5.41 Å². The van der Waals surface area contributed by atoms with Crippen LogP contribution in [0.25, 0.3) is 0 Å². The van der Waals surface area contributed by atoms with E-state index in [4.69, 9.17) is 9.47 Å². The molecule has 0 aromatic heterocycles. The highest BCUT2D eigenvalue weighted by atomic mass is 19.4. The lowest BCUT2D eigenvalue weighted by molar-refractivity contribution is -0.172. The normalized spacial score (nSPS) is 11.2. The molecule has 0 fully saturated rings. The maximum Gasteiger partial charge on any atom is 0.416 e. The zero-order chi connectivity index (χ0) is 21.2. The van der Waals surface area contributed by atoms with Gasteiger partial charge >= 0.3 is 18.1 Å². The highest BCUT2D eigenvalue weighted by Crippen LogP contribution is 2.33. The molecule has 0 atom stereocenters. The summed E-state index contributed by atoms with van der Waals surface area (Å²) in [6.07, 6.45) is -2.74. The van der Waals surface area contributed by atoms with Crippen LogP contribution in [0, 0.1) is 17.3 Å². The first-order chi connectivity index (χ1) is 13.2. The molecule has 0 aliphatic rings. The monoisotopic (exact) mass is 396 g/mol. The number of esters is 2. The molecule has 0 saturated carbocycles. The minimum absolute atomic E-state index is 0.0344. The Hall–Kier alpha value is -2.75. The van der Waals surface area contributed by atoms with Crippen LogP contribution in [-0.2, 0) is 25.2 Å². The van der Waals surface area contributed by atoms with E-state index in [0.717, 1.165) is 12.1 Å². The van der Waals surface area contributed by atoms with Crippen LogP contribution in [-0.4, -0.2) is 25.2 Å². The van der Waals surface area contributed by atoms with Crippen molar-refractivity contribution in [2.45, 2.75) is 39.3 Å². The van der Waals surface area contributed by atoms with Crippen LogP contribution in [0.1, 0.15) is 44.2 Å². The number of ether oxygens (including phenoxy) is 2. The minimum Gasteiger partial charge on any atom is -0.465 e. The first kappa shape index (κ1) is 23.3. The summed E-state index contributed by atoms with van der Waals surface area (Å²) in [7, 11) is 0. The van der Waals surface area contributed by atoms with E-state index in [1.165, 1.54) is 18.2 Å². The van der Waals surface area contributed by atoms with Gasteiger partial charge in [-0.2, -0.15) is 13.2 Å². The summed E-state index contributed by atoms with van der Waals surface area (Å²) in [6, 6.07) is 4.43. The predicted molar refractivity (Wildman–Crippen MR) is 98.1 cm³/mol. The van der Waals surface area contributed by atoms with Gasteiger partial charge in [0.05, 0.1) is 18.8 Å². The van der Waals surface area contributed by atoms with Gasteiger partial charge in [0.25, 0.3) is 0 Å². The van der Waals surface area contributed by atoms with Gasteiger partial charge in [-0.25, -0.2) is 0 Å². The number of hydrogen-bond acceptors (Lipinski definition) is 4. The van der Waals surface area contributed by atoms with Crippen LogP contribution in [0.2, 0.25) is 0 Å². The number of rotatable bonds is 8. The second kappa shape index (κ2) is 10.5. The first-order valence-electron chi connectivity index (χ1n) is 8.82. The molecule has 0 amide bonds. The third-order valence-electron chi connectivity index (χ3n) is 3.95. The summed E-state index contributed by atoms with van der Waals surface area (Å²) in [5, 5.41) is 0. The average molecular weight is 396 g/mol. The molecular weight excluding hydrogens is 373 g/mol. The standard InChI is InChI=1S/C21H23F3O4/c1-4-14-20(18(25)27-5-2,19(26)28-6-3)15-8-7-9-16-10-12-17(13-11-16)21(22,23)24/h4,10-13H,1,5-6,8,14-15H2,2-3H3. The van der Waals surface area contributed by atoms with E-state index in [1.807, 2.05) is 0 Å². The van der Waals surface area contributed by atoms with Crippen LogP contribution in [0.5, 0.6) is 0 Å². The van der Waals surface area contributed by atoms with Crippen molar-refractivity contribution in [1.29, 1.82) is 0 Å². The molecule has 0 aliphatic carbocycles. The average Bonchev–Trinajstić information content (AvgIpc) is 2.64. The van der Waals surface area contributed by atoms with Crippen LogP contribution in [0.4, 0.5) is 13.2 Å². The van der Waals surface area contributed by atoms with Gasteiger partial charge in [0.2, 0.25) is 0 Å². The summed E-state index contributed by atoms with van der Waals surface area (Å²) in [5.74, 6) is 4.11. The van der Waals surface area contributed by atoms with Crippen molar-refractivity contribution in [3.8, 4) is 11.8 Å². The Bertz CT molecular complexity index is 722. The number of benzene rings is 1. The zero-order valence-corrected chi connectivity index (χ0v) is 15.9. The van der Waals surface area contributed by atoms with Gasteiger partial charge in [0, 0.05) is 12.0 Å². The number of alkyl halides is 3. The number of halogens is 3. The van der Waals surface area contributed by atoms with Crippen molar-refractivity contribution in [3.05, 3.63) is 48.0 Å². The van der Waals surface area contributed by atoms with Gasteiger partial charge in [0.1, 0.15) is 0 Å². The molecule has 0 spiro atoms. The van der Waals surface area contributed by atoms with Crippen molar-refractivity contribution in [1.82, 2.24) is 0 Å². The lowest BCUT2D eigenvalue weighted by Crippen LogP contribution is -2.41. The number of carbonyl (C=O) groups is 2. The Morgan fingerprint density at radius 1 is 1.07 bits per heavy atom. The van der Waals surface area contributed by atoms with E-state index < -0.39 is 29.1 Å². The molecule has 0 unspecified atom stereocenters. The first-order valence-corrected chi connectivity index (χ1v) is 8.82. The predicted octanol–water partition coefficient (Wildman–Crippen LogP) is 4.53. The molecule has 4 nitrogen and oxygen atoms in total. The summed E-state index contributed by atoms with van der Waals surface area (Å²) >= 11 is 0. The third kappa shape index (κ3) is 6.15. The Balaban J connectivity index is 2.96. The molecule has 28 heavy (non-hydrogen) atoms. The van der Waals surface area contributed by atoms with Gasteiger partial charge in [0.15, 0.2) is 5.41 Å². The minimum atomic E-state index is -4.41. The molecule has 1 rings (SSSR count). The van der Waals surface area contributed by atoms with Gasteiger partial charge < -0.3 is 9.47 Å². The summed E-state index contributed by atoms with van der Waals surface area (Å²) in [4.78, 5) is 24.9. The molecule has 0 radical (unpaired) electrons. The van der Waals surface area contributed by atoms with Crippen molar-refractivity contribution >= 4 is 11.9 Å². The third-order valence-corrected chi connectivity index (χ3v) is 3.95. The zero-order valence-electron chi connectivity index (χ0n) is 15.9. The molecule has 0 N–H and O–H groups in total. The Morgan fingerprint density at radius 3 is 2.04 bits per heavy atom. The van der Waals surface area contributed by atoms with Gasteiger partial charge in [-0.15, -0.1) is 6.58 Å². The molecule has 0 heterocycles. The van der Waals surface area contributed by atoms with Gasteiger partial charge in [-0.3, -0.25) is 9.59 Å². The molecular formula is C21H23F3O4. The quantitative estimate of drug-likeness (QED) is 0.280. The van der Waals surface area contributed by atoms with Crippen LogP contribution in [0.15, 0.2) is 36.9 Å². The second-order valence-corrected chi connectivity index (χ2v) is 5.89. The van der Waals surface area contributed by atoms with E-state index >= 15 is 0 Å². The van der Waals surface area contributed by atoms with Crippen LogP contribution < -0.4 is 0 Å². The van der Waals surface area contributed by atoms with E-state index in [0.29, 0.717) is 5.56 Å². The molecule has 152 valence electrons. The highest BCUT2D eigenvalue weighted by molar-refractivity contribution is 6.00. The fourth-order valence-electron chi connectivity index (χ4n) is 2.52. The van der Waals surface area contributed by atoms with E-state index in [2.05, 4.69) is 18.4 Å². The van der Waals surface area contributed by atoms with Crippen molar-refractivity contribution in [3.63, 3.8) is 0 Å². The van der Waals surface area contributed by atoms with E-state index in [-0.39, 0.29) is 32.5 Å². The Labute approximate surface area is 162 Å². The lowest BCUT2D eigenvalue weighted by atomic mass is 9.80. The summed E-state index contributed by atoms with van der Waals surface area (Å²) in [5.41, 5.74) is -1.90. The van der Waals surface area contributed by atoms with Crippen LogP contribution in [0.3, 0.4) is 0 Å². The fourth-order valence-corrected chi connectivity index (χ4v) is 2.52. The SMILES string of the molecule is C=CCC(CCC#Cc1ccc(C(F)(F)F)cc1)(C(=O)OCC)C(=O)OCC. The smallest absolute Gasteiger partial charge is 0.416 e. The molecule has 0 saturated heterocycles. The van der Waals surface area contributed by atoms with Gasteiger partial charge in [-0.05, 0) is 51.0 Å². The Morgan fingerprint density at radius 2 is 1.61 bits per heavy atom. The van der Waals surface area contributed by atoms with E-state index in [1.54, 1.807) is 13.8 Å². The topological polar surface area (TPSA) is 52.6 Å². The van der Waals surface area contributed by atoms with E-state index in [9.17, 15) is 22.8 Å². The number of hydrogen-bond donors (Lipinski definition) is 0. The fraction of sp³-hybridized carbons (Fsp3) is 0.429. The number of allylic oxidation sites excluding steroid dienone is 1. The molecule has 7 heteroatoms. The lowest BCUT2D eigenvalue weighted by Gasteiger charge is -2.27. The molecule has 1 aromatic rings.